The van der Waals surface area contributed by atoms with Crippen LogP contribution in [0.1, 0.15) is 17.1 Å². The summed E-state index contributed by atoms with van der Waals surface area (Å²) >= 11 is 0. The second-order valence-corrected chi connectivity index (χ2v) is 6.11. The van der Waals surface area contributed by atoms with Crippen LogP contribution >= 0.6 is 0 Å². The fourth-order valence-electron chi connectivity index (χ4n) is 3.02. The Labute approximate surface area is 148 Å². The number of aromatic nitrogens is 4. The first-order valence-corrected chi connectivity index (χ1v) is 8.18. The molecule has 1 N–H and O–H groups in total. The molecular weight excluding hydrogens is 334 g/mol. The van der Waals surface area contributed by atoms with Gasteiger partial charge in [-0.05, 0) is 31.5 Å². The fourth-order valence-corrected chi connectivity index (χ4v) is 3.02. The standard InChI is InChI=1S/C18H17N5O3/c1-11-7-14-16(26-11)8-15-18(25)22(21-12(2)23(14)15)10-17(24)20-9-13-3-5-19-6-4-13/h3-8H,9-10H2,1-2H3,(H,20,24). The number of carbonyl (C=O) groups is 1. The van der Waals surface area contributed by atoms with Crippen LogP contribution in [0.4, 0.5) is 0 Å². The van der Waals surface area contributed by atoms with Gasteiger partial charge in [-0.2, -0.15) is 5.10 Å². The largest absolute Gasteiger partial charge is 0.460 e. The van der Waals surface area contributed by atoms with E-state index in [9.17, 15) is 9.59 Å². The minimum absolute atomic E-state index is 0.146. The summed E-state index contributed by atoms with van der Waals surface area (Å²) in [6.07, 6.45) is 3.32. The molecule has 0 unspecified atom stereocenters. The van der Waals surface area contributed by atoms with Crippen LogP contribution in [0.25, 0.3) is 16.6 Å². The number of pyridine rings is 1. The number of amides is 1. The number of aryl methyl sites for hydroxylation is 2. The van der Waals surface area contributed by atoms with Crippen molar-refractivity contribution in [2.75, 3.05) is 0 Å². The van der Waals surface area contributed by atoms with Gasteiger partial charge in [-0.15, -0.1) is 0 Å². The Hall–Kier alpha value is -3.42. The van der Waals surface area contributed by atoms with E-state index in [4.69, 9.17) is 4.42 Å². The molecule has 1 amide bonds. The second-order valence-electron chi connectivity index (χ2n) is 6.11. The lowest BCUT2D eigenvalue weighted by atomic mass is 10.3. The topological polar surface area (TPSA) is 94.4 Å². The van der Waals surface area contributed by atoms with Gasteiger partial charge in [0.1, 0.15) is 23.6 Å². The molecule has 8 heteroatoms. The number of nitrogens with zero attached hydrogens (tertiary/aromatic N) is 4. The zero-order valence-corrected chi connectivity index (χ0v) is 14.4. The maximum atomic E-state index is 12.7. The molecule has 0 aliphatic heterocycles. The van der Waals surface area contributed by atoms with Gasteiger partial charge in [0.2, 0.25) is 5.91 Å². The molecule has 4 aromatic rings. The molecule has 0 bridgehead atoms. The van der Waals surface area contributed by atoms with Gasteiger partial charge in [-0.1, -0.05) is 0 Å². The minimum Gasteiger partial charge on any atom is -0.460 e. The smallest absolute Gasteiger partial charge is 0.291 e. The molecular formula is C18H17N5O3. The third-order valence-corrected chi connectivity index (χ3v) is 4.19. The molecule has 4 heterocycles. The highest BCUT2D eigenvalue weighted by atomic mass is 16.3. The van der Waals surface area contributed by atoms with Gasteiger partial charge in [0, 0.05) is 31.1 Å². The molecule has 26 heavy (non-hydrogen) atoms. The lowest BCUT2D eigenvalue weighted by Gasteiger charge is -2.09. The average molecular weight is 351 g/mol. The summed E-state index contributed by atoms with van der Waals surface area (Å²) in [7, 11) is 0. The normalized spacial score (nSPS) is 11.3. The highest BCUT2D eigenvalue weighted by Gasteiger charge is 2.16. The molecule has 0 spiro atoms. The summed E-state index contributed by atoms with van der Waals surface area (Å²) in [5.74, 6) is 1.09. The lowest BCUT2D eigenvalue weighted by molar-refractivity contribution is -0.122. The number of rotatable bonds is 4. The summed E-state index contributed by atoms with van der Waals surface area (Å²) in [4.78, 5) is 28.8. The van der Waals surface area contributed by atoms with Crippen molar-refractivity contribution in [3.63, 3.8) is 0 Å². The highest BCUT2D eigenvalue weighted by Crippen LogP contribution is 2.22. The lowest BCUT2D eigenvalue weighted by Crippen LogP contribution is -2.34. The van der Waals surface area contributed by atoms with E-state index in [0.29, 0.717) is 23.5 Å². The number of nitrogens with one attached hydrogen (secondary N) is 1. The van der Waals surface area contributed by atoms with E-state index < -0.39 is 0 Å². The Morgan fingerprint density at radius 3 is 2.73 bits per heavy atom. The maximum absolute atomic E-state index is 12.7. The van der Waals surface area contributed by atoms with Crippen molar-refractivity contribution in [2.24, 2.45) is 0 Å². The van der Waals surface area contributed by atoms with Crippen molar-refractivity contribution in [3.05, 3.63) is 64.2 Å². The molecule has 0 saturated carbocycles. The molecule has 0 aromatic carbocycles. The Bertz CT molecular complexity index is 1170. The molecule has 0 aliphatic rings. The van der Waals surface area contributed by atoms with Gasteiger partial charge in [0.05, 0.1) is 5.52 Å². The maximum Gasteiger partial charge on any atom is 0.291 e. The Morgan fingerprint density at radius 2 is 1.96 bits per heavy atom. The fraction of sp³-hybridized carbons (Fsp3) is 0.222. The van der Waals surface area contributed by atoms with E-state index in [1.807, 2.05) is 25.1 Å². The van der Waals surface area contributed by atoms with E-state index in [1.54, 1.807) is 29.8 Å². The van der Waals surface area contributed by atoms with Crippen molar-refractivity contribution in [1.82, 2.24) is 24.5 Å². The predicted molar refractivity (Wildman–Crippen MR) is 94.8 cm³/mol. The van der Waals surface area contributed by atoms with Crippen LogP contribution in [0.15, 0.2) is 45.9 Å². The third-order valence-electron chi connectivity index (χ3n) is 4.19. The van der Waals surface area contributed by atoms with Crippen molar-refractivity contribution in [1.29, 1.82) is 0 Å². The van der Waals surface area contributed by atoms with Crippen LogP contribution in [0.5, 0.6) is 0 Å². The first-order valence-electron chi connectivity index (χ1n) is 8.18. The zero-order chi connectivity index (χ0) is 18.3. The van der Waals surface area contributed by atoms with Crippen molar-refractivity contribution in [2.45, 2.75) is 26.9 Å². The van der Waals surface area contributed by atoms with Gasteiger partial charge < -0.3 is 9.73 Å². The molecule has 0 atom stereocenters. The molecule has 0 aliphatic carbocycles. The minimum atomic E-state index is -0.335. The Balaban J connectivity index is 1.61. The van der Waals surface area contributed by atoms with E-state index in [-0.39, 0.29) is 18.0 Å². The predicted octanol–water partition coefficient (Wildman–Crippen LogP) is 1.57. The van der Waals surface area contributed by atoms with Gasteiger partial charge >= 0.3 is 0 Å². The molecule has 4 aromatic heterocycles. The van der Waals surface area contributed by atoms with Gasteiger partial charge in [-0.3, -0.25) is 19.0 Å². The molecule has 4 rings (SSSR count). The van der Waals surface area contributed by atoms with Gasteiger partial charge in [-0.25, -0.2) is 4.68 Å². The molecule has 132 valence electrons. The van der Waals surface area contributed by atoms with Crippen LogP contribution < -0.4 is 10.9 Å². The molecule has 8 nitrogen and oxygen atoms in total. The zero-order valence-electron chi connectivity index (χ0n) is 14.4. The molecule has 0 saturated heterocycles. The monoisotopic (exact) mass is 351 g/mol. The van der Waals surface area contributed by atoms with E-state index in [0.717, 1.165) is 16.8 Å². The summed E-state index contributed by atoms with van der Waals surface area (Å²) in [6, 6.07) is 7.18. The second kappa shape index (κ2) is 6.14. The van der Waals surface area contributed by atoms with Crippen LogP contribution in [-0.4, -0.2) is 25.1 Å². The summed E-state index contributed by atoms with van der Waals surface area (Å²) in [5, 5.41) is 7.06. The Kier molecular flexibility index (Phi) is 3.80. The average Bonchev–Trinajstić information content (AvgIpc) is 3.14. The highest BCUT2D eigenvalue weighted by molar-refractivity contribution is 5.83. The van der Waals surface area contributed by atoms with Crippen molar-refractivity contribution in [3.8, 4) is 0 Å². The number of hydrogen-bond acceptors (Lipinski definition) is 5. The van der Waals surface area contributed by atoms with Gasteiger partial charge in [0.25, 0.3) is 5.56 Å². The number of carbonyl (C=O) groups excluding carboxylic acids is 1. The summed E-state index contributed by atoms with van der Waals surface area (Å²) in [5.41, 5.74) is 2.47. The van der Waals surface area contributed by atoms with Crippen molar-refractivity contribution >= 4 is 22.5 Å². The number of hydrogen-bond donors (Lipinski definition) is 1. The quantitative estimate of drug-likeness (QED) is 0.602. The van der Waals surface area contributed by atoms with Crippen molar-refractivity contribution < 1.29 is 9.21 Å². The summed E-state index contributed by atoms with van der Waals surface area (Å²) in [6.45, 7) is 3.87. The molecule has 0 fully saturated rings. The van der Waals surface area contributed by atoms with Crippen LogP contribution in [-0.2, 0) is 17.9 Å². The molecule has 0 radical (unpaired) electrons. The van der Waals surface area contributed by atoms with E-state index in [2.05, 4.69) is 15.4 Å². The summed E-state index contributed by atoms with van der Waals surface area (Å²) < 4.78 is 8.52. The number of fused-ring (bicyclic) bond motifs is 3. The first-order chi connectivity index (χ1) is 12.5. The van der Waals surface area contributed by atoms with Crippen LogP contribution in [0.3, 0.4) is 0 Å². The number of furan rings is 1. The SMILES string of the molecule is Cc1cc2c(cc3c(=O)n(CC(=O)NCc4ccncc4)nc(C)n32)o1. The third kappa shape index (κ3) is 2.75. The first kappa shape index (κ1) is 16.1. The van der Waals surface area contributed by atoms with Crippen LogP contribution in [0, 0.1) is 13.8 Å². The van der Waals surface area contributed by atoms with Crippen LogP contribution in [0.2, 0.25) is 0 Å². The van der Waals surface area contributed by atoms with E-state index >= 15 is 0 Å². The Morgan fingerprint density at radius 1 is 1.19 bits per heavy atom. The van der Waals surface area contributed by atoms with Gasteiger partial charge in [0.15, 0.2) is 5.58 Å². The van der Waals surface area contributed by atoms with E-state index in [1.165, 1.54) is 4.68 Å².